The first-order valence-corrected chi connectivity index (χ1v) is 11.8. The molecule has 1 N–H and O–H groups in total. The molecule has 1 aliphatic rings. The van der Waals surface area contributed by atoms with Crippen LogP contribution in [0.4, 0.5) is 5.69 Å². The van der Waals surface area contributed by atoms with Crippen LogP contribution in [0.1, 0.15) is 37.7 Å². The lowest BCUT2D eigenvalue weighted by molar-refractivity contribution is -0.119. The van der Waals surface area contributed by atoms with E-state index in [9.17, 15) is 13.2 Å². The third kappa shape index (κ3) is 5.67. The van der Waals surface area contributed by atoms with Crippen molar-refractivity contribution >= 4 is 43.3 Å². The minimum absolute atomic E-state index is 0.136. The fraction of sp³-hybridized carbons (Fsp3) is 0.333. The summed E-state index contributed by atoms with van der Waals surface area (Å²) in [5, 5.41) is 4.20. The summed E-state index contributed by atoms with van der Waals surface area (Å²) < 4.78 is 28.5. The van der Waals surface area contributed by atoms with E-state index < -0.39 is 15.9 Å². The molecule has 0 radical (unpaired) electrons. The first-order valence-electron chi connectivity index (χ1n) is 9.55. The Morgan fingerprint density at radius 1 is 1.03 bits per heavy atom. The van der Waals surface area contributed by atoms with E-state index in [1.54, 1.807) is 48.5 Å². The number of hydrazone groups is 1. The average Bonchev–Trinajstić information content (AvgIpc) is 2.72. The maximum absolute atomic E-state index is 13.3. The van der Waals surface area contributed by atoms with E-state index >= 15 is 0 Å². The molecule has 8 heteroatoms. The Morgan fingerprint density at radius 3 is 2.28 bits per heavy atom. The number of hydrogen-bond donors (Lipinski definition) is 1. The van der Waals surface area contributed by atoms with E-state index in [-0.39, 0.29) is 11.4 Å². The highest BCUT2D eigenvalue weighted by atomic mass is 79.9. The number of amides is 1. The topological polar surface area (TPSA) is 78.8 Å². The van der Waals surface area contributed by atoms with Gasteiger partial charge in [0, 0.05) is 10.2 Å². The van der Waals surface area contributed by atoms with Crippen molar-refractivity contribution in [3.05, 3.63) is 58.6 Å². The molecule has 1 aliphatic carbocycles. The molecule has 154 valence electrons. The van der Waals surface area contributed by atoms with Crippen LogP contribution in [0.2, 0.25) is 0 Å². The molecule has 0 aromatic heterocycles. The van der Waals surface area contributed by atoms with Gasteiger partial charge in [-0.3, -0.25) is 9.10 Å². The SMILES string of the molecule is Cc1ccc(S(=O)(=O)N(CC(=O)NN=C2CCCCC2)c2ccc(Br)cc2)cc1. The number of hydrogen-bond acceptors (Lipinski definition) is 4. The molecule has 0 aliphatic heterocycles. The van der Waals surface area contributed by atoms with Crippen LogP contribution in [-0.2, 0) is 14.8 Å². The van der Waals surface area contributed by atoms with Gasteiger partial charge in [-0.05, 0) is 69.0 Å². The van der Waals surface area contributed by atoms with Gasteiger partial charge in [0.15, 0.2) is 0 Å². The summed E-state index contributed by atoms with van der Waals surface area (Å²) in [5.41, 5.74) is 4.86. The van der Waals surface area contributed by atoms with Crippen LogP contribution in [0.15, 0.2) is 63.0 Å². The zero-order chi connectivity index (χ0) is 20.9. The standard InChI is InChI=1S/C21H24BrN3O3S/c1-16-7-13-20(14-8-16)29(27,28)25(19-11-9-17(22)10-12-19)15-21(26)24-23-18-5-3-2-4-6-18/h7-14H,2-6,15H2,1H3,(H,24,26). The molecule has 1 fully saturated rings. The van der Waals surface area contributed by atoms with Crippen molar-refractivity contribution in [2.24, 2.45) is 5.10 Å². The maximum atomic E-state index is 13.3. The maximum Gasteiger partial charge on any atom is 0.264 e. The summed E-state index contributed by atoms with van der Waals surface area (Å²) in [6, 6.07) is 13.4. The zero-order valence-electron chi connectivity index (χ0n) is 16.3. The highest BCUT2D eigenvalue weighted by Crippen LogP contribution is 2.25. The van der Waals surface area contributed by atoms with Crippen LogP contribution in [0.3, 0.4) is 0 Å². The lowest BCUT2D eigenvalue weighted by Crippen LogP contribution is -2.39. The second-order valence-electron chi connectivity index (χ2n) is 7.07. The van der Waals surface area contributed by atoms with Crippen molar-refractivity contribution < 1.29 is 13.2 Å². The molecule has 6 nitrogen and oxygen atoms in total. The summed E-state index contributed by atoms with van der Waals surface area (Å²) >= 11 is 3.35. The van der Waals surface area contributed by atoms with E-state index in [1.807, 2.05) is 6.92 Å². The van der Waals surface area contributed by atoms with Gasteiger partial charge < -0.3 is 0 Å². The summed E-state index contributed by atoms with van der Waals surface area (Å²) in [6.07, 6.45) is 5.07. The normalized spacial score (nSPS) is 14.3. The predicted molar refractivity (Wildman–Crippen MR) is 119 cm³/mol. The van der Waals surface area contributed by atoms with Crippen LogP contribution in [0.25, 0.3) is 0 Å². The van der Waals surface area contributed by atoms with Crippen LogP contribution < -0.4 is 9.73 Å². The first-order chi connectivity index (χ1) is 13.9. The number of aryl methyl sites for hydroxylation is 1. The van der Waals surface area contributed by atoms with E-state index in [2.05, 4.69) is 26.5 Å². The van der Waals surface area contributed by atoms with Crippen molar-refractivity contribution in [3.63, 3.8) is 0 Å². The van der Waals surface area contributed by atoms with Gasteiger partial charge >= 0.3 is 0 Å². The number of nitrogens with zero attached hydrogens (tertiary/aromatic N) is 2. The molecule has 0 unspecified atom stereocenters. The monoisotopic (exact) mass is 477 g/mol. The minimum atomic E-state index is -3.91. The van der Waals surface area contributed by atoms with Crippen LogP contribution in [0, 0.1) is 6.92 Å². The second-order valence-corrected chi connectivity index (χ2v) is 9.85. The van der Waals surface area contributed by atoms with Crippen molar-refractivity contribution in [2.75, 3.05) is 10.8 Å². The molecule has 2 aromatic rings. The molecule has 0 bridgehead atoms. The molecule has 1 amide bonds. The summed E-state index contributed by atoms with van der Waals surface area (Å²) in [4.78, 5) is 12.7. The number of anilines is 1. The molecule has 1 saturated carbocycles. The van der Waals surface area contributed by atoms with Crippen molar-refractivity contribution in [1.29, 1.82) is 0 Å². The van der Waals surface area contributed by atoms with Gasteiger partial charge in [0.1, 0.15) is 6.54 Å². The van der Waals surface area contributed by atoms with Crippen molar-refractivity contribution in [2.45, 2.75) is 43.9 Å². The smallest absolute Gasteiger partial charge is 0.264 e. The Balaban J connectivity index is 1.85. The average molecular weight is 478 g/mol. The second kappa shape index (κ2) is 9.54. The van der Waals surface area contributed by atoms with Crippen molar-refractivity contribution in [3.8, 4) is 0 Å². The van der Waals surface area contributed by atoms with E-state index in [1.165, 1.54) is 6.42 Å². The molecular formula is C21H24BrN3O3S. The Hall–Kier alpha value is -2.19. The largest absolute Gasteiger partial charge is 0.271 e. The summed E-state index contributed by atoms with van der Waals surface area (Å²) in [6.45, 7) is 1.54. The van der Waals surface area contributed by atoms with Gasteiger partial charge in [0.05, 0.1) is 10.6 Å². The number of carbonyl (C=O) groups is 1. The zero-order valence-corrected chi connectivity index (χ0v) is 18.7. The highest BCUT2D eigenvalue weighted by molar-refractivity contribution is 9.10. The highest BCUT2D eigenvalue weighted by Gasteiger charge is 2.27. The number of carbonyl (C=O) groups excluding carboxylic acids is 1. The first kappa shape index (κ1) is 21.5. The number of benzene rings is 2. The molecule has 0 heterocycles. The number of halogens is 1. The van der Waals surface area contributed by atoms with E-state index in [0.29, 0.717) is 5.69 Å². The van der Waals surface area contributed by atoms with Gasteiger partial charge in [-0.25, -0.2) is 13.8 Å². The number of nitrogens with one attached hydrogen (secondary N) is 1. The van der Waals surface area contributed by atoms with Crippen LogP contribution >= 0.6 is 15.9 Å². The molecule has 2 aromatic carbocycles. The van der Waals surface area contributed by atoms with E-state index in [4.69, 9.17) is 0 Å². The Morgan fingerprint density at radius 2 is 1.66 bits per heavy atom. The van der Waals surface area contributed by atoms with Gasteiger partial charge in [-0.1, -0.05) is 40.0 Å². The lowest BCUT2D eigenvalue weighted by Gasteiger charge is -2.24. The van der Waals surface area contributed by atoms with E-state index in [0.717, 1.165) is 45.7 Å². The third-order valence-electron chi connectivity index (χ3n) is 4.78. The Kier molecular flexibility index (Phi) is 7.08. The third-order valence-corrected chi connectivity index (χ3v) is 7.10. The van der Waals surface area contributed by atoms with Crippen LogP contribution in [-0.4, -0.2) is 26.6 Å². The minimum Gasteiger partial charge on any atom is -0.271 e. The quantitative estimate of drug-likeness (QED) is 0.626. The number of sulfonamides is 1. The Labute approximate surface area is 180 Å². The Bertz CT molecular complexity index is 979. The fourth-order valence-corrected chi connectivity index (χ4v) is 4.82. The molecule has 0 atom stereocenters. The molecule has 0 saturated heterocycles. The van der Waals surface area contributed by atoms with Gasteiger partial charge in [-0.2, -0.15) is 5.10 Å². The van der Waals surface area contributed by atoms with Crippen LogP contribution in [0.5, 0.6) is 0 Å². The lowest BCUT2D eigenvalue weighted by atomic mass is 9.99. The van der Waals surface area contributed by atoms with Gasteiger partial charge in [0.2, 0.25) is 0 Å². The van der Waals surface area contributed by atoms with Crippen molar-refractivity contribution in [1.82, 2.24) is 5.43 Å². The summed E-state index contributed by atoms with van der Waals surface area (Å²) in [7, 11) is -3.91. The molecular weight excluding hydrogens is 454 g/mol. The summed E-state index contributed by atoms with van der Waals surface area (Å²) in [5.74, 6) is -0.471. The molecule has 0 spiro atoms. The van der Waals surface area contributed by atoms with Gasteiger partial charge in [0.25, 0.3) is 15.9 Å². The molecule has 29 heavy (non-hydrogen) atoms. The number of rotatable bonds is 6. The van der Waals surface area contributed by atoms with Gasteiger partial charge in [-0.15, -0.1) is 0 Å². The fourth-order valence-electron chi connectivity index (χ4n) is 3.14. The molecule has 3 rings (SSSR count). The predicted octanol–water partition coefficient (Wildman–Crippen LogP) is 4.39.